The van der Waals surface area contributed by atoms with Gasteiger partial charge in [0.2, 0.25) is 0 Å². The van der Waals surface area contributed by atoms with Gasteiger partial charge in [-0.05, 0) is 28.5 Å². The van der Waals surface area contributed by atoms with E-state index in [1.54, 1.807) is 24.3 Å². The SMILES string of the molecule is O=C(O)C(Cc1ccc2ccccc2c1)N1C(=O)c2ccccc2C1=O. The van der Waals surface area contributed by atoms with Crippen LogP contribution in [0.1, 0.15) is 26.3 Å². The molecule has 1 aliphatic heterocycles. The summed E-state index contributed by atoms with van der Waals surface area (Å²) >= 11 is 0. The normalized spacial score (nSPS) is 14.5. The number of imide groups is 1. The summed E-state index contributed by atoms with van der Waals surface area (Å²) in [5, 5.41) is 11.7. The number of carbonyl (C=O) groups is 3. The Morgan fingerprint density at radius 1 is 0.846 bits per heavy atom. The van der Waals surface area contributed by atoms with Crippen LogP contribution < -0.4 is 0 Å². The standard InChI is InChI=1S/C21H15NO4/c23-19-16-7-3-4-8-17(16)20(24)22(19)18(21(25)26)12-13-9-10-14-5-1-2-6-15(14)11-13/h1-11,18H,12H2,(H,25,26). The molecule has 26 heavy (non-hydrogen) atoms. The molecule has 0 bridgehead atoms. The van der Waals surface area contributed by atoms with E-state index in [1.165, 1.54) is 0 Å². The number of carboxylic acids is 1. The first kappa shape index (κ1) is 16.0. The van der Waals surface area contributed by atoms with Crippen LogP contribution in [-0.2, 0) is 11.2 Å². The van der Waals surface area contributed by atoms with E-state index in [1.807, 2.05) is 42.5 Å². The van der Waals surface area contributed by atoms with Crippen molar-refractivity contribution in [2.24, 2.45) is 0 Å². The minimum Gasteiger partial charge on any atom is -0.480 e. The zero-order chi connectivity index (χ0) is 18.3. The average Bonchev–Trinajstić information content (AvgIpc) is 2.91. The highest BCUT2D eigenvalue weighted by molar-refractivity contribution is 6.22. The van der Waals surface area contributed by atoms with Crippen molar-refractivity contribution in [2.45, 2.75) is 12.5 Å². The highest BCUT2D eigenvalue weighted by atomic mass is 16.4. The van der Waals surface area contributed by atoms with Crippen molar-refractivity contribution in [3.8, 4) is 0 Å². The van der Waals surface area contributed by atoms with Crippen LogP contribution in [0.5, 0.6) is 0 Å². The molecule has 4 rings (SSSR count). The van der Waals surface area contributed by atoms with Gasteiger partial charge < -0.3 is 5.11 Å². The minimum absolute atomic E-state index is 0.0611. The molecule has 0 fully saturated rings. The number of carboxylic acid groups (broad SMARTS) is 1. The largest absolute Gasteiger partial charge is 0.480 e. The smallest absolute Gasteiger partial charge is 0.327 e. The molecule has 1 unspecified atom stereocenters. The highest BCUT2D eigenvalue weighted by Crippen LogP contribution is 2.26. The van der Waals surface area contributed by atoms with Crippen molar-refractivity contribution in [3.05, 3.63) is 83.4 Å². The molecular formula is C21H15NO4. The second-order valence-electron chi connectivity index (χ2n) is 6.27. The fourth-order valence-corrected chi connectivity index (χ4v) is 3.37. The Bertz CT molecular complexity index is 1020. The van der Waals surface area contributed by atoms with Gasteiger partial charge in [-0.25, -0.2) is 4.79 Å². The summed E-state index contributed by atoms with van der Waals surface area (Å²) < 4.78 is 0. The Labute approximate surface area is 149 Å². The predicted molar refractivity (Wildman–Crippen MR) is 96.0 cm³/mol. The Balaban J connectivity index is 1.69. The van der Waals surface area contributed by atoms with Gasteiger partial charge in [0.15, 0.2) is 0 Å². The lowest BCUT2D eigenvalue weighted by Crippen LogP contribution is -2.46. The summed E-state index contributed by atoms with van der Waals surface area (Å²) in [5.41, 5.74) is 1.26. The number of nitrogens with zero attached hydrogens (tertiary/aromatic N) is 1. The number of amides is 2. The van der Waals surface area contributed by atoms with Gasteiger partial charge in [-0.3, -0.25) is 14.5 Å². The van der Waals surface area contributed by atoms with Crippen molar-refractivity contribution in [2.75, 3.05) is 0 Å². The summed E-state index contributed by atoms with van der Waals surface area (Å²) in [6.07, 6.45) is 0.0611. The maximum Gasteiger partial charge on any atom is 0.327 e. The first-order valence-corrected chi connectivity index (χ1v) is 8.23. The van der Waals surface area contributed by atoms with Crippen LogP contribution in [0.4, 0.5) is 0 Å². The predicted octanol–water partition coefficient (Wildman–Crippen LogP) is 3.13. The molecule has 128 valence electrons. The van der Waals surface area contributed by atoms with Crippen molar-refractivity contribution in [3.63, 3.8) is 0 Å². The molecule has 1 atom stereocenters. The molecule has 1 aliphatic rings. The third-order valence-corrected chi connectivity index (χ3v) is 4.67. The van der Waals surface area contributed by atoms with Crippen LogP contribution in [0.3, 0.4) is 0 Å². The molecule has 3 aromatic rings. The molecule has 0 aromatic heterocycles. The van der Waals surface area contributed by atoms with E-state index in [0.29, 0.717) is 0 Å². The van der Waals surface area contributed by atoms with Crippen LogP contribution in [0.15, 0.2) is 66.7 Å². The Morgan fingerprint density at radius 3 is 2.04 bits per heavy atom. The molecule has 3 aromatic carbocycles. The second-order valence-corrected chi connectivity index (χ2v) is 6.27. The molecular weight excluding hydrogens is 330 g/mol. The number of hydrogen-bond donors (Lipinski definition) is 1. The van der Waals surface area contributed by atoms with Gasteiger partial charge >= 0.3 is 5.97 Å². The summed E-state index contributed by atoms with van der Waals surface area (Å²) in [6.45, 7) is 0. The first-order chi connectivity index (χ1) is 12.6. The molecule has 0 radical (unpaired) electrons. The lowest BCUT2D eigenvalue weighted by molar-refractivity contribution is -0.141. The van der Waals surface area contributed by atoms with E-state index in [-0.39, 0.29) is 17.5 Å². The molecule has 5 nitrogen and oxygen atoms in total. The van der Waals surface area contributed by atoms with Gasteiger partial charge in [0.05, 0.1) is 11.1 Å². The van der Waals surface area contributed by atoms with Crippen LogP contribution in [-0.4, -0.2) is 33.8 Å². The van der Waals surface area contributed by atoms with Crippen molar-refractivity contribution in [1.82, 2.24) is 4.90 Å². The van der Waals surface area contributed by atoms with E-state index in [0.717, 1.165) is 21.2 Å². The summed E-state index contributed by atoms with van der Waals surface area (Å²) in [4.78, 5) is 37.9. The van der Waals surface area contributed by atoms with Crippen LogP contribution in [0.2, 0.25) is 0 Å². The lowest BCUT2D eigenvalue weighted by Gasteiger charge is -2.22. The van der Waals surface area contributed by atoms with Crippen molar-refractivity contribution < 1.29 is 19.5 Å². The molecule has 1 heterocycles. The van der Waals surface area contributed by atoms with Gasteiger partial charge in [-0.15, -0.1) is 0 Å². The molecule has 5 heteroatoms. The minimum atomic E-state index is -1.25. The molecule has 1 N–H and O–H groups in total. The van der Waals surface area contributed by atoms with Crippen LogP contribution in [0.25, 0.3) is 10.8 Å². The Kier molecular flexibility index (Phi) is 3.77. The number of benzene rings is 3. The van der Waals surface area contributed by atoms with E-state index >= 15 is 0 Å². The van der Waals surface area contributed by atoms with Crippen molar-refractivity contribution in [1.29, 1.82) is 0 Å². The second kappa shape index (κ2) is 6.11. The van der Waals surface area contributed by atoms with Crippen molar-refractivity contribution >= 4 is 28.6 Å². The van der Waals surface area contributed by atoms with Gasteiger partial charge in [-0.1, -0.05) is 54.6 Å². The number of rotatable bonds is 4. The van der Waals surface area contributed by atoms with E-state index in [4.69, 9.17) is 0 Å². The third-order valence-electron chi connectivity index (χ3n) is 4.67. The van der Waals surface area contributed by atoms with E-state index < -0.39 is 23.8 Å². The number of hydrogen-bond acceptors (Lipinski definition) is 3. The summed E-state index contributed by atoms with van der Waals surface area (Å²) in [5.74, 6) is -2.31. The third kappa shape index (κ3) is 2.54. The van der Waals surface area contributed by atoms with Crippen LogP contribution >= 0.6 is 0 Å². The fraction of sp³-hybridized carbons (Fsp3) is 0.0952. The quantitative estimate of drug-likeness (QED) is 0.737. The molecule has 0 saturated carbocycles. The maximum atomic E-state index is 12.6. The van der Waals surface area contributed by atoms with Gasteiger partial charge in [0, 0.05) is 6.42 Å². The zero-order valence-electron chi connectivity index (χ0n) is 13.8. The van der Waals surface area contributed by atoms with Crippen LogP contribution in [0, 0.1) is 0 Å². The average molecular weight is 345 g/mol. The Morgan fingerprint density at radius 2 is 1.42 bits per heavy atom. The number of aliphatic carboxylic acids is 1. The molecule has 0 saturated heterocycles. The molecule has 2 amide bonds. The number of carbonyl (C=O) groups excluding carboxylic acids is 2. The molecule has 0 aliphatic carbocycles. The maximum absolute atomic E-state index is 12.6. The topological polar surface area (TPSA) is 74.7 Å². The fourth-order valence-electron chi connectivity index (χ4n) is 3.37. The summed E-state index contributed by atoms with van der Waals surface area (Å²) in [6, 6.07) is 18.5. The Hall–Kier alpha value is -3.47. The van der Waals surface area contributed by atoms with Gasteiger partial charge in [0.1, 0.15) is 6.04 Å². The highest BCUT2D eigenvalue weighted by Gasteiger charge is 2.42. The van der Waals surface area contributed by atoms with E-state index in [9.17, 15) is 19.5 Å². The van der Waals surface area contributed by atoms with E-state index in [2.05, 4.69) is 0 Å². The lowest BCUT2D eigenvalue weighted by atomic mass is 10.0. The van der Waals surface area contributed by atoms with Gasteiger partial charge in [-0.2, -0.15) is 0 Å². The summed E-state index contributed by atoms with van der Waals surface area (Å²) in [7, 11) is 0. The monoisotopic (exact) mass is 345 g/mol. The van der Waals surface area contributed by atoms with Gasteiger partial charge in [0.25, 0.3) is 11.8 Å². The molecule has 0 spiro atoms. The first-order valence-electron chi connectivity index (χ1n) is 8.23. The zero-order valence-corrected chi connectivity index (χ0v) is 13.8. The number of fused-ring (bicyclic) bond motifs is 2.